The van der Waals surface area contributed by atoms with Crippen LogP contribution >= 0.6 is 47.5 Å². The maximum Gasteiger partial charge on any atom is 0 e. The van der Waals surface area contributed by atoms with E-state index in [1.54, 1.807) is 0 Å². The first kappa shape index (κ1) is 38.5. The number of rotatable bonds is 12. The van der Waals surface area contributed by atoms with Gasteiger partial charge >= 0.3 is 135 Å². The van der Waals surface area contributed by atoms with E-state index in [1.807, 2.05) is 103 Å². The van der Waals surface area contributed by atoms with Crippen LogP contribution in [0.15, 0.2) is 181 Å². The van der Waals surface area contributed by atoms with E-state index in [2.05, 4.69) is 97.2 Å². The number of halogens is 2. The Morgan fingerprint density at radius 2 is 0.896 bits per heavy atom. The summed E-state index contributed by atoms with van der Waals surface area (Å²) in [6.07, 6.45) is 1.18. The van der Waals surface area contributed by atoms with Crippen molar-refractivity contribution in [1.29, 1.82) is 0 Å². The summed E-state index contributed by atoms with van der Waals surface area (Å²) >= 11 is 16.5. The summed E-state index contributed by atoms with van der Waals surface area (Å²) in [6, 6.07) is 60.6. The van der Waals surface area contributed by atoms with E-state index in [9.17, 15) is 0 Å². The zero-order valence-electron chi connectivity index (χ0n) is 27.0. The van der Waals surface area contributed by atoms with E-state index in [4.69, 9.17) is 22.5 Å². The third-order valence-electron chi connectivity index (χ3n) is 7.85. The number of benzene rings is 6. The SMILES string of the molecule is Cc1ccc(SCCNCCP(c2ccccc2)c2ccccc2)cc1.ClP(Cl)(c1ccccc1)(c1ccccc1)c1ccccc1.[Ru]. The molecule has 6 aromatic rings. The van der Waals surface area contributed by atoms with Crippen LogP contribution in [0, 0.1) is 6.92 Å². The van der Waals surface area contributed by atoms with Gasteiger partial charge in [0.05, 0.1) is 0 Å². The largest absolute Gasteiger partial charge is 0 e. The molecule has 0 atom stereocenters. The van der Waals surface area contributed by atoms with Gasteiger partial charge in [0.25, 0.3) is 0 Å². The summed E-state index contributed by atoms with van der Waals surface area (Å²) < 4.78 is 0. The monoisotopic (exact) mass is 813 g/mol. The molecule has 0 fully saturated rings. The van der Waals surface area contributed by atoms with E-state index in [-0.39, 0.29) is 27.4 Å². The van der Waals surface area contributed by atoms with Crippen molar-refractivity contribution in [1.82, 2.24) is 5.32 Å². The average Bonchev–Trinajstić information content (AvgIpc) is 3.14. The molecule has 48 heavy (non-hydrogen) atoms. The summed E-state index contributed by atoms with van der Waals surface area (Å²) in [5.74, 6) is 1.11. The molecule has 0 radical (unpaired) electrons. The average molecular weight is 814 g/mol. The van der Waals surface area contributed by atoms with E-state index in [0.717, 1.165) is 34.8 Å². The Labute approximate surface area is 314 Å². The van der Waals surface area contributed by atoms with Crippen LogP contribution in [-0.2, 0) is 19.5 Å². The fraction of sp³-hybridized carbons (Fsp3) is 0.122. The van der Waals surface area contributed by atoms with Gasteiger partial charge in [0.15, 0.2) is 0 Å². The molecule has 0 aliphatic rings. The predicted octanol–water partition coefficient (Wildman–Crippen LogP) is 9.63. The topological polar surface area (TPSA) is 12.0 Å². The van der Waals surface area contributed by atoms with E-state index in [0.29, 0.717) is 0 Å². The van der Waals surface area contributed by atoms with E-state index < -0.39 is 5.31 Å². The van der Waals surface area contributed by atoms with Crippen LogP contribution in [0.1, 0.15) is 5.56 Å². The predicted molar refractivity (Wildman–Crippen MR) is 216 cm³/mol. The van der Waals surface area contributed by atoms with Gasteiger partial charge in [-0.25, -0.2) is 0 Å². The minimum absolute atomic E-state index is 0. The van der Waals surface area contributed by atoms with Crippen molar-refractivity contribution in [3.63, 3.8) is 0 Å². The zero-order valence-corrected chi connectivity index (χ0v) is 32.8. The van der Waals surface area contributed by atoms with Gasteiger partial charge in [-0.05, 0) is 50.3 Å². The van der Waals surface area contributed by atoms with Crippen LogP contribution in [-0.4, -0.2) is 25.0 Å². The molecular formula is C41H41Cl2NP2RuS. The van der Waals surface area contributed by atoms with E-state index >= 15 is 0 Å². The van der Waals surface area contributed by atoms with Crippen molar-refractivity contribution in [3.8, 4) is 0 Å². The Bertz CT molecular complexity index is 1620. The van der Waals surface area contributed by atoms with Gasteiger partial charge in [-0.2, -0.15) is 0 Å². The number of thioether (sulfide) groups is 1. The number of hydrogen-bond donors (Lipinski definition) is 1. The van der Waals surface area contributed by atoms with Crippen LogP contribution in [0.5, 0.6) is 0 Å². The molecule has 0 aliphatic carbocycles. The normalized spacial score (nSPS) is 11.8. The molecule has 7 heteroatoms. The van der Waals surface area contributed by atoms with Crippen molar-refractivity contribution in [2.45, 2.75) is 11.8 Å². The summed E-state index contributed by atoms with van der Waals surface area (Å²) in [5.41, 5.74) is 1.32. The molecule has 0 spiro atoms. The minimum atomic E-state index is -3.43. The molecule has 0 aromatic heterocycles. The van der Waals surface area contributed by atoms with Crippen LogP contribution < -0.4 is 31.8 Å². The van der Waals surface area contributed by atoms with Gasteiger partial charge in [0.1, 0.15) is 0 Å². The Morgan fingerprint density at radius 1 is 0.521 bits per heavy atom. The van der Waals surface area contributed by atoms with Crippen molar-refractivity contribution in [3.05, 3.63) is 181 Å². The van der Waals surface area contributed by atoms with Crippen molar-refractivity contribution in [2.75, 3.05) is 25.0 Å². The molecule has 6 rings (SSSR count). The first-order valence-corrected chi connectivity index (χ1v) is 22.4. The van der Waals surface area contributed by atoms with Gasteiger partial charge in [-0.3, -0.25) is 0 Å². The molecule has 0 heterocycles. The zero-order chi connectivity index (χ0) is 32.8. The Kier molecular flexibility index (Phi) is 15.4. The number of aryl methyl sites for hydroxylation is 1. The molecule has 248 valence electrons. The molecule has 0 unspecified atom stereocenters. The third kappa shape index (κ3) is 10.1. The van der Waals surface area contributed by atoms with Crippen LogP contribution in [0.25, 0.3) is 0 Å². The van der Waals surface area contributed by atoms with Gasteiger partial charge in [0.2, 0.25) is 0 Å². The fourth-order valence-corrected chi connectivity index (χ4v) is 13.4. The van der Waals surface area contributed by atoms with Gasteiger partial charge < -0.3 is 5.32 Å². The van der Waals surface area contributed by atoms with Gasteiger partial charge in [-0.15, -0.1) is 11.8 Å². The molecule has 0 bridgehead atoms. The summed E-state index contributed by atoms with van der Waals surface area (Å²) in [5, 5.41) is 6.01. The number of nitrogens with one attached hydrogen (secondary N) is 1. The Balaban J connectivity index is 0.000000217. The van der Waals surface area contributed by atoms with E-state index in [1.165, 1.54) is 27.2 Å². The van der Waals surface area contributed by atoms with Crippen LogP contribution in [0.3, 0.4) is 0 Å². The first-order chi connectivity index (χ1) is 22.9. The summed E-state index contributed by atoms with van der Waals surface area (Å²) in [7, 11) is -0.289. The number of hydrogen-bond acceptors (Lipinski definition) is 2. The molecule has 6 aromatic carbocycles. The molecule has 1 nitrogen and oxygen atoms in total. The molecule has 0 amide bonds. The Hall–Kier alpha value is -2.31. The van der Waals surface area contributed by atoms with Crippen molar-refractivity contribution in [2.24, 2.45) is 0 Å². The van der Waals surface area contributed by atoms with Crippen LogP contribution in [0.4, 0.5) is 0 Å². The van der Waals surface area contributed by atoms with Crippen molar-refractivity contribution >= 4 is 74.0 Å². The standard InChI is InChI=1S/C23H26NPS.C18H15Cl2P.Ru/c1-20-12-14-23(15-13-20)26-19-17-24-16-18-25(21-8-4-2-5-9-21)22-10-6-3-7-11-22;19-21(20,16-10-4-1-5-11-16,17-12-6-2-7-13-17)18-14-8-3-9-15-18;/h2-15,24H,16-19H2,1H3;1-15H;. The smallest absolute Gasteiger partial charge is 0 e. The second-order valence-corrected chi connectivity index (χ2v) is 22.6. The molecule has 0 saturated carbocycles. The maximum atomic E-state index is 7.27. The quantitative estimate of drug-likeness (QED) is 0.0572. The molecule has 1 N–H and O–H groups in total. The Morgan fingerprint density at radius 3 is 1.29 bits per heavy atom. The van der Waals surface area contributed by atoms with Gasteiger partial charge in [-0.1, -0.05) is 78.4 Å². The third-order valence-corrected chi connectivity index (χ3v) is 18.5. The van der Waals surface area contributed by atoms with Gasteiger partial charge in [0, 0.05) is 36.7 Å². The maximum absolute atomic E-state index is 7.27. The van der Waals surface area contributed by atoms with Crippen molar-refractivity contribution < 1.29 is 19.5 Å². The van der Waals surface area contributed by atoms with Crippen LogP contribution in [0.2, 0.25) is 0 Å². The molecule has 0 saturated heterocycles. The summed E-state index contributed by atoms with van der Waals surface area (Å²) in [4.78, 5) is 1.35. The second kappa shape index (κ2) is 19.2. The molecular weight excluding hydrogens is 772 g/mol. The minimum Gasteiger partial charge on any atom is 0 e. The first-order valence-electron chi connectivity index (χ1n) is 15.8. The summed E-state index contributed by atoms with van der Waals surface area (Å²) in [6.45, 7) is 4.24. The second-order valence-electron chi connectivity index (χ2n) is 11.1. The fourth-order valence-electron chi connectivity index (χ4n) is 5.33. The molecule has 0 aliphatic heterocycles.